The average Bonchev–Trinajstić information content (AvgIpc) is 3.48. The third-order valence-electron chi connectivity index (χ3n) is 9.53. The molecule has 13 heteroatoms. The van der Waals surface area contributed by atoms with Crippen LogP contribution >= 0.6 is 11.8 Å². The lowest BCUT2D eigenvalue weighted by Crippen LogP contribution is -2.69. The van der Waals surface area contributed by atoms with Crippen LogP contribution in [0.2, 0.25) is 0 Å². The Morgan fingerprint density at radius 3 is 2.64 bits per heavy atom. The monoisotopic (exact) mass is 624 g/mol. The minimum atomic E-state index is -0.663. The van der Waals surface area contributed by atoms with E-state index in [1.807, 2.05) is 27.0 Å². The summed E-state index contributed by atoms with van der Waals surface area (Å²) in [6.07, 6.45) is 1.17. The van der Waals surface area contributed by atoms with Gasteiger partial charge in [0.15, 0.2) is 23.0 Å². The van der Waals surface area contributed by atoms with Gasteiger partial charge in [0.05, 0.1) is 30.5 Å². The predicted molar refractivity (Wildman–Crippen MR) is 160 cm³/mol. The highest BCUT2D eigenvalue weighted by molar-refractivity contribution is 7.99. The molecule has 1 saturated heterocycles. The number of methoxy groups -OCH3 is 1. The highest BCUT2D eigenvalue weighted by Crippen LogP contribution is 2.63. The van der Waals surface area contributed by atoms with Crippen LogP contribution in [0.15, 0.2) is 6.07 Å². The number of nitriles is 1. The second kappa shape index (κ2) is 11.6. The molecule has 0 aromatic heterocycles. The number of carbonyl (C=O) groups is 2. The number of nitrogens with zero attached hydrogens (tertiary/aromatic N) is 3. The minimum absolute atomic E-state index is 0.0357. The molecule has 2 bridgehead atoms. The highest BCUT2D eigenvalue weighted by Gasteiger charge is 2.60. The van der Waals surface area contributed by atoms with Crippen molar-refractivity contribution in [1.82, 2.24) is 15.1 Å². The van der Waals surface area contributed by atoms with Crippen molar-refractivity contribution in [3.63, 3.8) is 0 Å². The summed E-state index contributed by atoms with van der Waals surface area (Å²) < 4.78 is 22.8. The number of aryl methyl sites for hydroxylation is 1. The first-order valence-corrected chi connectivity index (χ1v) is 15.5. The predicted octanol–water partition coefficient (Wildman–Crippen LogP) is 2.76. The molecular weight excluding hydrogens is 588 g/mol. The van der Waals surface area contributed by atoms with Crippen molar-refractivity contribution in [2.45, 2.75) is 68.7 Å². The van der Waals surface area contributed by atoms with Crippen molar-refractivity contribution in [1.29, 1.82) is 5.26 Å². The Balaban J connectivity index is 1.65. The molecule has 1 unspecified atom stereocenters. The van der Waals surface area contributed by atoms with Crippen LogP contribution in [-0.2, 0) is 20.7 Å². The maximum atomic E-state index is 11.9. The molecule has 2 aromatic rings. The first kappa shape index (κ1) is 30.2. The molecule has 12 nitrogen and oxygen atoms in total. The number of hydrogen-bond acceptors (Lipinski definition) is 12. The second-order valence-corrected chi connectivity index (χ2v) is 13.0. The molecule has 1 fully saturated rings. The molecule has 234 valence electrons. The lowest BCUT2D eigenvalue weighted by molar-refractivity contribution is -0.134. The Hall–Kier alpha value is -3.86. The summed E-state index contributed by atoms with van der Waals surface area (Å²) >= 11 is 1.54. The first-order chi connectivity index (χ1) is 21.2. The van der Waals surface area contributed by atoms with E-state index in [1.165, 1.54) is 7.11 Å². The SMILES string of the molecule is COc1c(C)cc2c(c1O)[C@H]1C3[C@H](SC[C@@H](C)NC=O)c4c(O)c(C)c5c(c4[C@H](COC=O)N3[C@@H](C#N)[C@H](C2)N1C)OCO5. The Kier molecular flexibility index (Phi) is 7.94. The van der Waals surface area contributed by atoms with Gasteiger partial charge in [0, 0.05) is 46.1 Å². The van der Waals surface area contributed by atoms with Gasteiger partial charge in [-0.05, 0) is 45.4 Å². The molecule has 6 rings (SSSR count). The van der Waals surface area contributed by atoms with Crippen LogP contribution in [0.5, 0.6) is 28.7 Å². The van der Waals surface area contributed by atoms with Gasteiger partial charge in [0.1, 0.15) is 18.4 Å². The number of carbonyl (C=O) groups excluding carboxylic acids is 2. The van der Waals surface area contributed by atoms with E-state index in [-0.39, 0.29) is 37.0 Å². The fraction of sp³-hybridized carbons (Fsp3) is 0.516. The number of amides is 1. The number of thioether (sulfide) groups is 1. The number of hydrogen-bond donors (Lipinski definition) is 3. The quantitative estimate of drug-likeness (QED) is 0.352. The molecule has 0 radical (unpaired) electrons. The Bertz CT molecular complexity index is 1550. The van der Waals surface area contributed by atoms with Crippen molar-refractivity contribution < 1.29 is 38.7 Å². The summed E-state index contributed by atoms with van der Waals surface area (Å²) in [6, 6.07) is 1.88. The zero-order valence-electron chi connectivity index (χ0n) is 25.2. The van der Waals surface area contributed by atoms with Crippen LogP contribution in [-0.4, -0.2) is 90.4 Å². The molecule has 4 aliphatic rings. The molecule has 3 N–H and O–H groups in total. The van der Waals surface area contributed by atoms with Gasteiger partial charge in [0.2, 0.25) is 13.2 Å². The summed E-state index contributed by atoms with van der Waals surface area (Å²) in [5.41, 5.74) is 4.17. The molecule has 0 spiro atoms. The van der Waals surface area contributed by atoms with E-state index < -0.39 is 29.4 Å². The van der Waals surface area contributed by atoms with Crippen LogP contribution in [0.4, 0.5) is 0 Å². The number of phenols is 2. The van der Waals surface area contributed by atoms with Gasteiger partial charge in [-0.2, -0.15) is 5.26 Å². The molecule has 44 heavy (non-hydrogen) atoms. The van der Waals surface area contributed by atoms with E-state index in [2.05, 4.69) is 21.2 Å². The average molecular weight is 625 g/mol. The smallest absolute Gasteiger partial charge is 0.293 e. The van der Waals surface area contributed by atoms with Crippen molar-refractivity contribution in [3.8, 4) is 34.8 Å². The molecule has 4 aliphatic heterocycles. The normalized spacial score (nSPS) is 27.3. The maximum Gasteiger partial charge on any atom is 0.293 e. The highest BCUT2D eigenvalue weighted by atomic mass is 32.2. The van der Waals surface area contributed by atoms with Gasteiger partial charge in [-0.1, -0.05) is 6.07 Å². The number of piperazine rings is 1. The summed E-state index contributed by atoms with van der Waals surface area (Å²) in [7, 11) is 3.48. The number of phenolic OH excluding ortho intramolecular Hbond substituents is 2. The fourth-order valence-corrected chi connectivity index (χ4v) is 9.20. The third-order valence-corrected chi connectivity index (χ3v) is 11.1. The van der Waals surface area contributed by atoms with E-state index in [9.17, 15) is 25.1 Å². The van der Waals surface area contributed by atoms with Crippen LogP contribution in [0.1, 0.15) is 57.6 Å². The van der Waals surface area contributed by atoms with E-state index in [1.54, 1.807) is 18.7 Å². The van der Waals surface area contributed by atoms with E-state index in [4.69, 9.17) is 18.9 Å². The standard InChI is InChI=1S/C31H36N4O8S/c1-14-6-17-7-18-19(8-32)35-20(9-41-12-37)22-23(26(38)16(3)29-30(22)43-13-42-29)31(44-10-15(2)33-11-36)25(35)24(34(18)4)21(17)27(39)28(14)40-5/h6,11-12,15,18-20,24-25,31,38-39H,7,9-10,13H2,1-5H3,(H,33,36)/t15-,18+,19+,20+,24+,25?,31-/m1/s1. The first-order valence-electron chi connectivity index (χ1n) is 14.5. The third kappa shape index (κ3) is 4.34. The summed E-state index contributed by atoms with van der Waals surface area (Å²) in [6.45, 7) is 5.79. The lowest BCUT2D eigenvalue weighted by atomic mass is 9.71. The summed E-state index contributed by atoms with van der Waals surface area (Å²) in [4.78, 5) is 27.1. The molecule has 7 atom stereocenters. The molecule has 0 aliphatic carbocycles. The number of benzene rings is 2. The zero-order chi connectivity index (χ0) is 31.4. The van der Waals surface area contributed by atoms with Crippen LogP contribution in [0.25, 0.3) is 0 Å². The van der Waals surface area contributed by atoms with Gasteiger partial charge in [-0.25, -0.2) is 0 Å². The number of fused-ring (bicyclic) bond motifs is 9. The van der Waals surface area contributed by atoms with E-state index in [0.29, 0.717) is 64.6 Å². The van der Waals surface area contributed by atoms with Gasteiger partial charge in [0.25, 0.3) is 6.47 Å². The Morgan fingerprint density at radius 1 is 1.20 bits per heavy atom. The summed E-state index contributed by atoms with van der Waals surface area (Å²) in [5.74, 6) is 1.83. The lowest BCUT2D eigenvalue weighted by Gasteiger charge is -2.61. The maximum absolute atomic E-state index is 11.9. The van der Waals surface area contributed by atoms with Crippen LogP contribution in [0.3, 0.4) is 0 Å². The van der Waals surface area contributed by atoms with Gasteiger partial charge in [-0.15, -0.1) is 11.8 Å². The Morgan fingerprint density at radius 2 is 1.95 bits per heavy atom. The number of likely N-dealkylation sites (N-methyl/N-ethyl adjacent to an activating group) is 1. The molecular formula is C31H36N4O8S. The van der Waals surface area contributed by atoms with Crippen molar-refractivity contribution in [2.75, 3.05) is 33.3 Å². The van der Waals surface area contributed by atoms with Crippen molar-refractivity contribution in [2.24, 2.45) is 0 Å². The van der Waals surface area contributed by atoms with Crippen molar-refractivity contribution >= 4 is 24.6 Å². The largest absolute Gasteiger partial charge is 0.507 e. The fourth-order valence-electron chi connectivity index (χ4n) is 7.72. The van der Waals surface area contributed by atoms with Crippen LogP contribution in [0, 0.1) is 25.2 Å². The molecule has 2 aromatic carbocycles. The topological polar surface area (TPSA) is 154 Å². The van der Waals surface area contributed by atoms with Gasteiger partial charge < -0.3 is 34.5 Å². The molecule has 4 heterocycles. The van der Waals surface area contributed by atoms with E-state index in [0.717, 1.165) is 11.1 Å². The van der Waals surface area contributed by atoms with E-state index >= 15 is 0 Å². The molecule has 1 amide bonds. The number of nitrogens with one attached hydrogen (secondary N) is 1. The minimum Gasteiger partial charge on any atom is -0.507 e. The molecule has 0 saturated carbocycles. The zero-order valence-corrected chi connectivity index (χ0v) is 26.0. The van der Waals surface area contributed by atoms with Gasteiger partial charge in [-0.3, -0.25) is 19.4 Å². The van der Waals surface area contributed by atoms with Crippen LogP contribution < -0.4 is 19.5 Å². The number of rotatable bonds is 9. The number of ether oxygens (including phenoxy) is 4. The second-order valence-electron chi connectivity index (χ2n) is 11.8. The van der Waals surface area contributed by atoms with Crippen molar-refractivity contribution in [3.05, 3.63) is 39.4 Å². The van der Waals surface area contributed by atoms with Gasteiger partial charge >= 0.3 is 0 Å². The number of aromatic hydroxyl groups is 2. The Labute approximate surface area is 259 Å². The summed E-state index contributed by atoms with van der Waals surface area (Å²) in [5, 5.41) is 36.7.